The molecule has 0 bridgehead atoms. The van der Waals surface area contributed by atoms with Crippen LogP contribution in [0, 0.1) is 11.6 Å². The van der Waals surface area contributed by atoms with Gasteiger partial charge in [0.25, 0.3) is 5.91 Å². The summed E-state index contributed by atoms with van der Waals surface area (Å²) in [6.45, 7) is 0. The highest BCUT2D eigenvalue weighted by molar-refractivity contribution is 6.04. The van der Waals surface area contributed by atoms with Crippen molar-refractivity contribution in [3.8, 4) is 17.4 Å². The Balaban J connectivity index is 1.42. The number of rotatable bonds is 5. The molecule has 29 heavy (non-hydrogen) atoms. The fourth-order valence-electron chi connectivity index (χ4n) is 2.63. The number of carbonyl (C=O) groups is 1. The lowest BCUT2D eigenvalue weighted by Gasteiger charge is -2.09. The van der Waals surface area contributed by atoms with Crippen LogP contribution in [0.1, 0.15) is 10.4 Å². The lowest BCUT2D eigenvalue weighted by atomic mass is 10.2. The van der Waals surface area contributed by atoms with Crippen molar-refractivity contribution in [2.24, 2.45) is 0 Å². The van der Waals surface area contributed by atoms with Gasteiger partial charge in [0, 0.05) is 24.1 Å². The molecule has 2 aromatic heterocycles. The molecule has 0 saturated heterocycles. The van der Waals surface area contributed by atoms with E-state index in [0.29, 0.717) is 23.1 Å². The van der Waals surface area contributed by atoms with Crippen LogP contribution in [-0.4, -0.2) is 20.7 Å². The normalized spacial score (nSPS) is 10.6. The Morgan fingerprint density at radius 1 is 0.862 bits per heavy atom. The Labute approximate surface area is 164 Å². The Kier molecular flexibility index (Phi) is 4.98. The highest BCUT2D eigenvalue weighted by Crippen LogP contribution is 2.22. The van der Waals surface area contributed by atoms with E-state index in [0.717, 1.165) is 12.1 Å². The van der Waals surface area contributed by atoms with Gasteiger partial charge in [-0.2, -0.15) is 0 Å². The van der Waals surface area contributed by atoms with Gasteiger partial charge in [0.05, 0.1) is 0 Å². The minimum absolute atomic E-state index is 0.297. The first kappa shape index (κ1) is 18.3. The monoisotopic (exact) mass is 392 g/mol. The molecule has 0 unspecified atom stereocenters. The van der Waals surface area contributed by atoms with Gasteiger partial charge in [-0.3, -0.25) is 4.79 Å². The number of anilines is 1. The van der Waals surface area contributed by atoms with Gasteiger partial charge < -0.3 is 14.6 Å². The average Bonchev–Trinajstić information content (AvgIpc) is 3.25. The topological polar surface area (TPSA) is 69.0 Å². The van der Waals surface area contributed by atoms with Crippen molar-refractivity contribution in [1.29, 1.82) is 0 Å². The summed E-state index contributed by atoms with van der Waals surface area (Å²) < 4.78 is 34.8. The number of carbonyl (C=O) groups excluding carboxylic acids is 1. The van der Waals surface area contributed by atoms with Crippen LogP contribution in [0.3, 0.4) is 0 Å². The third-order valence-electron chi connectivity index (χ3n) is 4.02. The molecule has 0 aliphatic carbocycles. The van der Waals surface area contributed by atoms with E-state index in [2.05, 4.69) is 15.5 Å². The molecule has 0 atom stereocenters. The maximum Gasteiger partial charge on any atom is 0.261 e. The second-order valence-electron chi connectivity index (χ2n) is 6.00. The first-order chi connectivity index (χ1) is 14.1. The van der Waals surface area contributed by atoms with Crippen LogP contribution in [0.2, 0.25) is 0 Å². The van der Waals surface area contributed by atoms with Crippen LogP contribution < -0.4 is 10.1 Å². The summed E-state index contributed by atoms with van der Waals surface area (Å²) in [7, 11) is 0. The van der Waals surface area contributed by atoms with Gasteiger partial charge >= 0.3 is 0 Å². The van der Waals surface area contributed by atoms with Crippen molar-refractivity contribution < 1.29 is 18.3 Å². The molecule has 1 amide bonds. The van der Waals surface area contributed by atoms with Gasteiger partial charge in [-0.05, 0) is 54.6 Å². The number of hydrogen-bond donors (Lipinski definition) is 1. The molecular formula is C21H14F2N4O2. The van der Waals surface area contributed by atoms with Crippen molar-refractivity contribution in [3.05, 3.63) is 96.3 Å². The maximum atomic E-state index is 13.7. The minimum atomic E-state index is -0.926. The largest absolute Gasteiger partial charge is 0.438 e. The average molecular weight is 392 g/mol. The van der Waals surface area contributed by atoms with Crippen LogP contribution in [-0.2, 0) is 0 Å². The Bertz CT molecular complexity index is 1110. The van der Waals surface area contributed by atoms with Gasteiger partial charge in [0.2, 0.25) is 5.88 Å². The van der Waals surface area contributed by atoms with Crippen LogP contribution in [0.4, 0.5) is 14.5 Å². The molecule has 0 saturated carbocycles. The Morgan fingerprint density at radius 2 is 1.55 bits per heavy atom. The molecule has 8 heteroatoms. The van der Waals surface area contributed by atoms with E-state index in [1.54, 1.807) is 36.4 Å². The van der Waals surface area contributed by atoms with Crippen molar-refractivity contribution >= 4 is 11.6 Å². The van der Waals surface area contributed by atoms with Gasteiger partial charge in [-0.1, -0.05) is 6.07 Å². The fourth-order valence-corrected chi connectivity index (χ4v) is 2.63. The number of amides is 1. The molecule has 6 nitrogen and oxygen atoms in total. The molecule has 0 spiro atoms. The Morgan fingerprint density at radius 3 is 2.17 bits per heavy atom. The zero-order valence-electron chi connectivity index (χ0n) is 14.9. The molecular weight excluding hydrogens is 378 g/mol. The van der Waals surface area contributed by atoms with E-state index in [4.69, 9.17) is 4.74 Å². The maximum absolute atomic E-state index is 13.7. The van der Waals surface area contributed by atoms with Crippen molar-refractivity contribution in [2.45, 2.75) is 0 Å². The SMILES string of the molecule is O=C(Nc1ccc(Oc2ccc(-n3cccc3)nn2)cc1)c1c(F)cccc1F. The number of aromatic nitrogens is 3. The van der Waals surface area contributed by atoms with Crippen LogP contribution in [0.5, 0.6) is 11.6 Å². The van der Waals surface area contributed by atoms with Crippen molar-refractivity contribution in [3.63, 3.8) is 0 Å². The number of nitrogens with zero attached hydrogens (tertiary/aromatic N) is 3. The second-order valence-corrected chi connectivity index (χ2v) is 6.00. The summed E-state index contributed by atoms with van der Waals surface area (Å²) >= 11 is 0. The van der Waals surface area contributed by atoms with Gasteiger partial charge in [-0.15, -0.1) is 10.2 Å². The highest BCUT2D eigenvalue weighted by atomic mass is 19.1. The summed E-state index contributed by atoms with van der Waals surface area (Å²) in [5.74, 6) is -1.32. The van der Waals surface area contributed by atoms with Crippen LogP contribution in [0.15, 0.2) is 79.1 Å². The van der Waals surface area contributed by atoms with E-state index < -0.39 is 23.1 Å². The Hall–Kier alpha value is -4.07. The third kappa shape index (κ3) is 4.11. The standard InChI is InChI=1S/C21H14F2N4O2/c22-16-4-3-5-17(23)20(16)21(28)24-14-6-8-15(9-7-14)29-19-11-10-18(25-26-19)27-12-1-2-13-27/h1-13H,(H,24,28). The second kappa shape index (κ2) is 7.89. The first-order valence-electron chi connectivity index (χ1n) is 8.60. The molecule has 144 valence electrons. The predicted molar refractivity (Wildman–Crippen MR) is 102 cm³/mol. The summed E-state index contributed by atoms with van der Waals surface area (Å²) in [5, 5.41) is 10.5. The number of nitrogens with one attached hydrogen (secondary N) is 1. The summed E-state index contributed by atoms with van der Waals surface area (Å²) in [4.78, 5) is 12.1. The minimum Gasteiger partial charge on any atom is -0.438 e. The predicted octanol–water partition coefficient (Wildman–Crippen LogP) is 4.59. The fraction of sp³-hybridized carbons (Fsp3) is 0. The molecule has 0 aliphatic heterocycles. The molecule has 0 radical (unpaired) electrons. The lowest BCUT2D eigenvalue weighted by molar-refractivity contribution is 0.101. The molecule has 2 aromatic carbocycles. The number of benzene rings is 2. The van der Waals surface area contributed by atoms with E-state index in [-0.39, 0.29) is 0 Å². The van der Waals surface area contributed by atoms with Crippen LogP contribution in [0.25, 0.3) is 5.82 Å². The molecule has 1 N–H and O–H groups in total. The van der Waals surface area contributed by atoms with Crippen molar-refractivity contribution in [1.82, 2.24) is 14.8 Å². The summed E-state index contributed by atoms with van der Waals surface area (Å²) in [6, 6.07) is 16.7. The van der Waals surface area contributed by atoms with Gasteiger partial charge in [-0.25, -0.2) is 8.78 Å². The number of hydrogen-bond acceptors (Lipinski definition) is 4. The molecule has 4 rings (SSSR count). The molecule has 4 aromatic rings. The zero-order valence-corrected chi connectivity index (χ0v) is 14.9. The highest BCUT2D eigenvalue weighted by Gasteiger charge is 2.17. The van der Waals surface area contributed by atoms with Crippen LogP contribution >= 0.6 is 0 Å². The quantitative estimate of drug-likeness (QED) is 0.539. The third-order valence-corrected chi connectivity index (χ3v) is 4.02. The number of halogens is 2. The first-order valence-corrected chi connectivity index (χ1v) is 8.60. The smallest absolute Gasteiger partial charge is 0.261 e. The van der Waals surface area contributed by atoms with E-state index in [1.807, 2.05) is 29.1 Å². The molecule has 2 heterocycles. The van der Waals surface area contributed by atoms with E-state index in [9.17, 15) is 13.6 Å². The zero-order chi connectivity index (χ0) is 20.2. The van der Waals surface area contributed by atoms with E-state index >= 15 is 0 Å². The number of ether oxygens (including phenoxy) is 1. The van der Waals surface area contributed by atoms with Crippen molar-refractivity contribution in [2.75, 3.05) is 5.32 Å². The summed E-state index contributed by atoms with van der Waals surface area (Å²) in [6.07, 6.45) is 3.70. The lowest BCUT2D eigenvalue weighted by Crippen LogP contribution is -2.15. The van der Waals surface area contributed by atoms with Gasteiger partial charge in [0.15, 0.2) is 5.82 Å². The molecule has 0 fully saturated rings. The van der Waals surface area contributed by atoms with E-state index in [1.165, 1.54) is 6.07 Å². The van der Waals surface area contributed by atoms with Gasteiger partial charge in [0.1, 0.15) is 22.9 Å². The molecule has 0 aliphatic rings. The summed E-state index contributed by atoms with van der Waals surface area (Å²) in [5.41, 5.74) is -0.273.